The van der Waals surface area contributed by atoms with E-state index in [2.05, 4.69) is 53.7 Å². The zero-order valence-corrected chi connectivity index (χ0v) is 11.6. The van der Waals surface area contributed by atoms with Crippen LogP contribution in [-0.4, -0.2) is 30.5 Å². The lowest BCUT2D eigenvalue weighted by Crippen LogP contribution is -2.33. The van der Waals surface area contributed by atoms with Gasteiger partial charge in [0.2, 0.25) is 0 Å². The molecule has 1 aliphatic rings. The van der Waals surface area contributed by atoms with Crippen molar-refractivity contribution in [1.29, 1.82) is 0 Å². The zero-order valence-electron chi connectivity index (χ0n) is 10.1. The van der Waals surface area contributed by atoms with Crippen LogP contribution < -0.4 is 5.32 Å². The van der Waals surface area contributed by atoms with E-state index in [9.17, 15) is 4.79 Å². The lowest BCUT2D eigenvalue weighted by Gasteiger charge is -2.10. The summed E-state index contributed by atoms with van der Waals surface area (Å²) in [5, 5.41) is 3.40. The summed E-state index contributed by atoms with van der Waals surface area (Å²) in [6.07, 6.45) is 0. The van der Waals surface area contributed by atoms with Crippen LogP contribution in [0.5, 0.6) is 0 Å². The second kappa shape index (κ2) is 4.06. The van der Waals surface area contributed by atoms with E-state index in [0.717, 1.165) is 0 Å². The highest BCUT2D eigenvalue weighted by molar-refractivity contribution is 9.10. The Labute approximate surface area is 100 Å². The van der Waals surface area contributed by atoms with Gasteiger partial charge in [0.25, 0.3) is 0 Å². The Bertz CT molecular complexity index is 249. The first kappa shape index (κ1) is 13.0. The summed E-state index contributed by atoms with van der Waals surface area (Å²) < 4.78 is 4.64. The summed E-state index contributed by atoms with van der Waals surface area (Å²) in [5.41, 5.74) is 0.603. The second-order valence-corrected chi connectivity index (χ2v) is 6.38. The van der Waals surface area contributed by atoms with E-state index in [1.54, 1.807) is 0 Å². The molecule has 0 bridgehead atoms. The van der Waals surface area contributed by atoms with Crippen LogP contribution in [0.15, 0.2) is 0 Å². The molecule has 88 valence electrons. The smallest absolute Gasteiger partial charge is 0.320 e. The molecule has 1 rings (SSSR count). The Morgan fingerprint density at radius 3 is 2.20 bits per heavy atom. The van der Waals surface area contributed by atoms with Crippen molar-refractivity contribution < 1.29 is 9.53 Å². The first-order valence-corrected chi connectivity index (χ1v) is 6.12. The Morgan fingerprint density at radius 1 is 1.40 bits per heavy atom. The van der Waals surface area contributed by atoms with Gasteiger partial charge in [0.05, 0.1) is 7.11 Å². The predicted octanol–water partition coefficient (Wildman–Crippen LogP) is 1.95. The normalized spacial score (nSPS) is 24.7. The third-order valence-corrected chi connectivity index (χ3v) is 4.68. The zero-order chi connectivity index (χ0) is 11.9. The number of carbonyl (C=O) groups is 1. The standard InChI is InChI=1S/C11H20BrNO2/c1-10(2)9(11(10,3)4)13-6-7(12)8(14)15-5/h7,9,13H,6H2,1-5H3. The third-order valence-electron chi connectivity index (χ3n) is 3.98. The van der Waals surface area contributed by atoms with Crippen LogP contribution in [-0.2, 0) is 9.53 Å². The summed E-state index contributed by atoms with van der Waals surface area (Å²) in [6, 6.07) is 0.467. The van der Waals surface area contributed by atoms with Gasteiger partial charge in [0.15, 0.2) is 0 Å². The average Bonchev–Trinajstić information content (AvgIpc) is 2.53. The number of carbonyl (C=O) groups excluding carboxylic acids is 1. The van der Waals surface area contributed by atoms with Gasteiger partial charge in [-0.2, -0.15) is 0 Å². The number of rotatable bonds is 4. The summed E-state index contributed by atoms with van der Waals surface area (Å²) in [7, 11) is 1.40. The van der Waals surface area contributed by atoms with E-state index >= 15 is 0 Å². The number of ether oxygens (including phenoxy) is 1. The van der Waals surface area contributed by atoms with Gasteiger partial charge < -0.3 is 10.1 Å². The number of alkyl halides is 1. The molecule has 0 aromatic heterocycles. The van der Waals surface area contributed by atoms with Crippen molar-refractivity contribution in [1.82, 2.24) is 5.32 Å². The minimum Gasteiger partial charge on any atom is -0.468 e. The molecule has 0 heterocycles. The highest BCUT2D eigenvalue weighted by Crippen LogP contribution is 2.62. The molecule has 0 radical (unpaired) electrons. The van der Waals surface area contributed by atoms with Crippen LogP contribution in [0.3, 0.4) is 0 Å². The predicted molar refractivity (Wildman–Crippen MR) is 64.1 cm³/mol. The van der Waals surface area contributed by atoms with Crippen molar-refractivity contribution in [3.63, 3.8) is 0 Å². The van der Waals surface area contributed by atoms with Gasteiger partial charge >= 0.3 is 5.97 Å². The van der Waals surface area contributed by atoms with Gasteiger partial charge in [0.1, 0.15) is 4.83 Å². The molecule has 0 spiro atoms. The van der Waals surface area contributed by atoms with Crippen molar-refractivity contribution in [3.8, 4) is 0 Å². The first-order chi connectivity index (χ1) is 6.75. The fraction of sp³-hybridized carbons (Fsp3) is 0.909. The van der Waals surface area contributed by atoms with Crippen molar-refractivity contribution in [2.75, 3.05) is 13.7 Å². The molecule has 0 aliphatic heterocycles. The van der Waals surface area contributed by atoms with Crippen LogP contribution in [0, 0.1) is 10.8 Å². The van der Waals surface area contributed by atoms with E-state index < -0.39 is 0 Å². The van der Waals surface area contributed by atoms with Gasteiger partial charge in [-0.1, -0.05) is 43.6 Å². The second-order valence-electron chi connectivity index (χ2n) is 5.28. The number of hydrogen-bond acceptors (Lipinski definition) is 3. The van der Waals surface area contributed by atoms with Crippen molar-refractivity contribution in [3.05, 3.63) is 0 Å². The molecular weight excluding hydrogens is 258 g/mol. The fourth-order valence-corrected chi connectivity index (χ4v) is 2.51. The summed E-state index contributed by atoms with van der Waals surface area (Å²) in [5.74, 6) is -0.223. The van der Waals surface area contributed by atoms with E-state index in [1.807, 2.05) is 0 Å². The number of halogens is 1. The van der Waals surface area contributed by atoms with Crippen LogP contribution in [0.4, 0.5) is 0 Å². The number of nitrogens with one attached hydrogen (secondary N) is 1. The Morgan fingerprint density at radius 2 is 1.87 bits per heavy atom. The number of methoxy groups -OCH3 is 1. The van der Waals surface area contributed by atoms with Crippen molar-refractivity contribution in [2.24, 2.45) is 10.8 Å². The Balaban J connectivity index is 2.38. The van der Waals surface area contributed by atoms with Crippen LogP contribution in [0.2, 0.25) is 0 Å². The van der Waals surface area contributed by atoms with Gasteiger partial charge in [-0.25, -0.2) is 0 Å². The van der Waals surface area contributed by atoms with E-state index in [-0.39, 0.29) is 10.8 Å². The van der Waals surface area contributed by atoms with E-state index in [0.29, 0.717) is 23.4 Å². The lowest BCUT2D eigenvalue weighted by molar-refractivity contribution is -0.139. The molecule has 1 N–H and O–H groups in total. The maximum absolute atomic E-state index is 11.2. The highest BCUT2D eigenvalue weighted by Gasteiger charge is 2.64. The summed E-state index contributed by atoms with van der Waals surface area (Å²) >= 11 is 3.30. The van der Waals surface area contributed by atoms with Gasteiger partial charge in [-0.3, -0.25) is 4.79 Å². The summed E-state index contributed by atoms with van der Waals surface area (Å²) in [4.78, 5) is 10.9. The lowest BCUT2D eigenvalue weighted by atomic mass is 10.0. The maximum atomic E-state index is 11.2. The molecule has 0 aromatic rings. The minimum atomic E-state index is -0.255. The Kier molecular flexibility index (Phi) is 3.51. The van der Waals surface area contributed by atoms with Gasteiger partial charge in [-0.05, 0) is 10.8 Å². The van der Waals surface area contributed by atoms with Crippen LogP contribution in [0.1, 0.15) is 27.7 Å². The average molecular weight is 278 g/mol. The SMILES string of the molecule is COC(=O)C(Br)CNC1C(C)(C)C1(C)C. The molecular formula is C11H20BrNO2. The molecule has 1 saturated carbocycles. The molecule has 15 heavy (non-hydrogen) atoms. The molecule has 3 nitrogen and oxygen atoms in total. The molecule has 1 atom stereocenters. The van der Waals surface area contributed by atoms with Gasteiger partial charge in [0, 0.05) is 12.6 Å². The molecule has 0 saturated heterocycles. The molecule has 0 aromatic carbocycles. The Hall–Kier alpha value is -0.0900. The molecule has 1 unspecified atom stereocenters. The highest BCUT2D eigenvalue weighted by atomic mass is 79.9. The topological polar surface area (TPSA) is 38.3 Å². The van der Waals surface area contributed by atoms with Crippen molar-refractivity contribution in [2.45, 2.75) is 38.6 Å². The largest absolute Gasteiger partial charge is 0.468 e. The quantitative estimate of drug-likeness (QED) is 0.631. The number of esters is 1. The number of hydrogen-bond donors (Lipinski definition) is 1. The minimum absolute atomic E-state index is 0.223. The first-order valence-electron chi connectivity index (χ1n) is 5.20. The van der Waals surface area contributed by atoms with Crippen LogP contribution >= 0.6 is 15.9 Å². The van der Waals surface area contributed by atoms with Gasteiger partial charge in [-0.15, -0.1) is 0 Å². The van der Waals surface area contributed by atoms with Crippen LogP contribution in [0.25, 0.3) is 0 Å². The summed E-state index contributed by atoms with van der Waals surface area (Å²) in [6.45, 7) is 9.58. The van der Waals surface area contributed by atoms with E-state index in [1.165, 1.54) is 7.11 Å². The molecule has 0 amide bonds. The maximum Gasteiger partial charge on any atom is 0.320 e. The monoisotopic (exact) mass is 277 g/mol. The molecule has 1 aliphatic carbocycles. The molecule has 1 fully saturated rings. The fourth-order valence-electron chi connectivity index (χ4n) is 2.14. The third kappa shape index (κ3) is 2.21. The molecule has 4 heteroatoms. The van der Waals surface area contributed by atoms with Crippen molar-refractivity contribution >= 4 is 21.9 Å². The van der Waals surface area contributed by atoms with E-state index in [4.69, 9.17) is 0 Å².